The van der Waals surface area contributed by atoms with E-state index in [0.717, 1.165) is 36.8 Å². The summed E-state index contributed by atoms with van der Waals surface area (Å²) >= 11 is 0. The van der Waals surface area contributed by atoms with Crippen LogP contribution in [0.4, 0.5) is 0 Å². The van der Waals surface area contributed by atoms with Gasteiger partial charge in [0.15, 0.2) is 0 Å². The number of nitrogen functional groups attached to an aromatic ring is 1. The number of amidine groups is 1. The Morgan fingerprint density at radius 2 is 1.74 bits per heavy atom. The molecular weight excluding hydrogens is 472 g/mol. The Balaban J connectivity index is 1.73. The highest BCUT2D eigenvalue weighted by atomic mass is 32.2. The van der Waals surface area contributed by atoms with E-state index in [4.69, 9.17) is 11.1 Å². The molecule has 10 nitrogen and oxygen atoms in total. The van der Waals surface area contributed by atoms with Gasteiger partial charge in [0, 0.05) is 5.56 Å². The Labute approximate surface area is 203 Å². The van der Waals surface area contributed by atoms with Crippen LogP contribution in [0.3, 0.4) is 0 Å². The maximum absolute atomic E-state index is 13.0. The molecule has 1 amide bonds. The lowest BCUT2D eigenvalue weighted by Crippen LogP contribution is -2.51. The number of fused-ring (bicyclic) bond motifs is 1. The second-order valence-electron chi connectivity index (χ2n) is 8.48. The molecule has 35 heavy (non-hydrogen) atoms. The number of carboxylic acids is 1. The molecule has 1 aliphatic rings. The van der Waals surface area contributed by atoms with Gasteiger partial charge in [0.2, 0.25) is 15.9 Å². The van der Waals surface area contributed by atoms with Gasteiger partial charge >= 0.3 is 5.97 Å². The van der Waals surface area contributed by atoms with Crippen LogP contribution < -0.4 is 15.8 Å². The van der Waals surface area contributed by atoms with E-state index < -0.39 is 40.4 Å². The summed E-state index contributed by atoms with van der Waals surface area (Å²) in [7, 11) is -4.19. The highest BCUT2D eigenvalue weighted by Gasteiger charge is 2.30. The van der Waals surface area contributed by atoms with Crippen molar-refractivity contribution in [3.63, 3.8) is 0 Å². The summed E-state index contributed by atoms with van der Waals surface area (Å²) in [6.45, 7) is 0. The quantitative estimate of drug-likeness (QED) is 0.173. The Morgan fingerprint density at radius 3 is 2.34 bits per heavy atom. The molecule has 1 aliphatic carbocycles. The summed E-state index contributed by atoms with van der Waals surface area (Å²) in [4.78, 5) is 35.7. The first-order valence-electron chi connectivity index (χ1n) is 11.1. The molecule has 3 rings (SSSR count). The van der Waals surface area contributed by atoms with Gasteiger partial charge in [0.05, 0.1) is 17.4 Å². The molecule has 0 aromatic heterocycles. The zero-order chi connectivity index (χ0) is 25.6. The van der Waals surface area contributed by atoms with Crippen LogP contribution in [0.2, 0.25) is 0 Å². The molecule has 11 heteroatoms. The van der Waals surface area contributed by atoms with E-state index >= 15 is 0 Å². The number of aryl methyl sites for hydroxylation is 2. The van der Waals surface area contributed by atoms with Gasteiger partial charge in [-0.15, -0.1) is 0 Å². The summed E-state index contributed by atoms with van der Waals surface area (Å²) in [5.74, 6) is -2.41. The number of hydrogen-bond acceptors (Lipinski definition) is 6. The second-order valence-corrected chi connectivity index (χ2v) is 10.2. The molecule has 0 saturated heterocycles. The topological polar surface area (TPSA) is 180 Å². The van der Waals surface area contributed by atoms with Crippen LogP contribution >= 0.6 is 0 Å². The van der Waals surface area contributed by atoms with E-state index in [9.17, 15) is 27.9 Å². The molecule has 0 bridgehead atoms. The summed E-state index contributed by atoms with van der Waals surface area (Å²) in [5.41, 5.74) is 8.59. The van der Waals surface area contributed by atoms with E-state index in [1.807, 2.05) is 0 Å². The van der Waals surface area contributed by atoms with Gasteiger partial charge in [-0.3, -0.25) is 15.0 Å². The maximum Gasteiger partial charge on any atom is 0.305 e. The molecule has 6 N–H and O–H groups in total. The van der Waals surface area contributed by atoms with E-state index in [2.05, 4.69) is 10.0 Å². The van der Waals surface area contributed by atoms with Gasteiger partial charge in [-0.25, -0.2) is 8.42 Å². The zero-order valence-electron chi connectivity index (χ0n) is 19.0. The average molecular weight is 501 g/mol. The van der Waals surface area contributed by atoms with Crippen molar-refractivity contribution in [1.29, 1.82) is 5.41 Å². The summed E-state index contributed by atoms with van der Waals surface area (Å²) in [5, 5.41) is 19.1. The minimum absolute atomic E-state index is 0.0427. The van der Waals surface area contributed by atoms with Gasteiger partial charge < -0.3 is 21.0 Å². The summed E-state index contributed by atoms with van der Waals surface area (Å²) in [6, 6.07) is 8.61. The van der Waals surface area contributed by atoms with E-state index in [0.29, 0.717) is 17.4 Å². The number of hydrogen-bond donors (Lipinski definition) is 5. The number of aldehydes is 1. The van der Waals surface area contributed by atoms with E-state index in [1.165, 1.54) is 6.07 Å². The molecule has 0 unspecified atom stereocenters. The Kier molecular flexibility index (Phi) is 8.36. The van der Waals surface area contributed by atoms with Gasteiger partial charge in [-0.2, -0.15) is 4.72 Å². The monoisotopic (exact) mass is 500 g/mol. The van der Waals surface area contributed by atoms with Crippen molar-refractivity contribution < 1.29 is 27.9 Å². The number of carbonyl (C=O) groups is 3. The first-order chi connectivity index (χ1) is 16.6. The van der Waals surface area contributed by atoms with Crippen LogP contribution in [0.1, 0.15) is 41.5 Å². The lowest BCUT2D eigenvalue weighted by molar-refractivity contribution is -0.139. The normalized spacial score (nSPS) is 14.9. The minimum atomic E-state index is -4.19. The molecule has 0 radical (unpaired) electrons. The van der Waals surface area contributed by atoms with Crippen molar-refractivity contribution in [3.8, 4) is 0 Å². The summed E-state index contributed by atoms with van der Waals surface area (Å²) in [6.07, 6.45) is 3.41. The number of rotatable bonds is 11. The Hall–Kier alpha value is -3.57. The third kappa shape index (κ3) is 6.96. The number of nitrogens with one attached hydrogen (secondary N) is 3. The van der Waals surface area contributed by atoms with Crippen molar-refractivity contribution in [2.75, 3.05) is 0 Å². The van der Waals surface area contributed by atoms with Gasteiger partial charge in [-0.05, 0) is 60.9 Å². The number of carbonyl (C=O) groups excluding carboxylic acids is 2. The van der Waals surface area contributed by atoms with E-state index in [1.54, 1.807) is 36.4 Å². The highest BCUT2D eigenvalue weighted by Crippen LogP contribution is 2.24. The Bertz CT molecular complexity index is 1230. The Morgan fingerprint density at radius 1 is 1.09 bits per heavy atom. The number of amides is 1. The first kappa shape index (κ1) is 26.0. The maximum atomic E-state index is 13.0. The van der Waals surface area contributed by atoms with Crippen LogP contribution in [-0.4, -0.2) is 49.6 Å². The first-order valence-corrected chi connectivity index (χ1v) is 12.6. The predicted molar refractivity (Wildman–Crippen MR) is 129 cm³/mol. The molecule has 0 spiro atoms. The third-order valence-electron chi connectivity index (χ3n) is 5.84. The molecule has 0 aliphatic heterocycles. The highest BCUT2D eigenvalue weighted by molar-refractivity contribution is 7.89. The molecular formula is C24H28N4O6S. The van der Waals surface area contributed by atoms with Crippen LogP contribution in [0, 0.1) is 5.41 Å². The van der Waals surface area contributed by atoms with Gasteiger partial charge in [0.1, 0.15) is 18.2 Å². The van der Waals surface area contributed by atoms with Crippen molar-refractivity contribution in [1.82, 2.24) is 10.0 Å². The standard InChI is InChI=1S/C24H28N4O6S/c25-23(26)17-7-5-15(6-8-17)11-19(14-29)27-24(32)21(13-22(30)31)28-35(33,34)20-10-9-16-3-1-2-4-18(16)12-20/h5-10,12,14,19,21,28H,1-4,11,13H2,(H3,25,26)(H,27,32)(H,30,31)/t19-,21-/m0/s1. The van der Waals surface area contributed by atoms with Crippen molar-refractivity contribution in [3.05, 3.63) is 64.7 Å². The van der Waals surface area contributed by atoms with Crippen LogP contribution in [0.25, 0.3) is 0 Å². The molecule has 186 valence electrons. The number of benzene rings is 2. The molecule has 0 heterocycles. The number of nitrogens with two attached hydrogens (primary N) is 1. The molecule has 0 fully saturated rings. The third-order valence-corrected chi connectivity index (χ3v) is 7.30. The van der Waals surface area contributed by atoms with E-state index in [-0.39, 0.29) is 17.2 Å². The number of carboxylic acid groups (broad SMARTS) is 1. The van der Waals surface area contributed by atoms with Gasteiger partial charge in [-0.1, -0.05) is 30.3 Å². The zero-order valence-corrected chi connectivity index (χ0v) is 19.8. The number of aliphatic carboxylic acids is 1. The fourth-order valence-electron chi connectivity index (χ4n) is 3.99. The SMILES string of the molecule is N=C(N)c1ccc(C[C@@H](C=O)NC(=O)[C@H](CC(=O)O)NS(=O)(=O)c2ccc3c(c2)CCCC3)cc1. The van der Waals surface area contributed by atoms with Crippen molar-refractivity contribution in [2.24, 2.45) is 5.73 Å². The predicted octanol–water partition coefficient (Wildman–Crippen LogP) is 0.897. The van der Waals surface area contributed by atoms with Crippen LogP contribution in [-0.2, 0) is 43.7 Å². The fraction of sp³-hybridized carbons (Fsp3) is 0.333. The second kappa shape index (κ2) is 11.2. The molecule has 2 aromatic carbocycles. The number of sulfonamides is 1. The molecule has 2 atom stereocenters. The minimum Gasteiger partial charge on any atom is -0.481 e. The van der Waals surface area contributed by atoms with Crippen molar-refractivity contribution in [2.45, 2.75) is 55.5 Å². The average Bonchev–Trinajstić information content (AvgIpc) is 2.82. The van der Waals surface area contributed by atoms with Crippen LogP contribution in [0.15, 0.2) is 47.4 Å². The van der Waals surface area contributed by atoms with Crippen molar-refractivity contribution >= 4 is 34.0 Å². The summed E-state index contributed by atoms with van der Waals surface area (Å²) < 4.78 is 28.1. The lowest BCUT2D eigenvalue weighted by Gasteiger charge is -2.21. The lowest BCUT2D eigenvalue weighted by atomic mass is 9.92. The largest absolute Gasteiger partial charge is 0.481 e. The molecule has 2 aromatic rings. The van der Waals surface area contributed by atoms with Gasteiger partial charge in [0.25, 0.3) is 0 Å². The molecule has 0 saturated carbocycles. The van der Waals surface area contributed by atoms with Crippen LogP contribution in [0.5, 0.6) is 0 Å². The fourth-order valence-corrected chi connectivity index (χ4v) is 5.23. The smallest absolute Gasteiger partial charge is 0.305 e.